The number of likely N-dealkylation sites (tertiary alicyclic amines) is 1. The molecule has 0 spiro atoms. The van der Waals surface area contributed by atoms with Gasteiger partial charge in [-0.15, -0.1) is 23.1 Å². The molecule has 0 aromatic carbocycles. The van der Waals surface area contributed by atoms with Gasteiger partial charge in [0.2, 0.25) is 0 Å². The van der Waals surface area contributed by atoms with Gasteiger partial charge in [-0.25, -0.2) is 4.98 Å². The van der Waals surface area contributed by atoms with E-state index in [0.717, 1.165) is 16.2 Å². The highest BCUT2D eigenvalue weighted by Crippen LogP contribution is 2.41. The van der Waals surface area contributed by atoms with E-state index in [2.05, 4.69) is 15.5 Å². The number of aliphatic hydroxyl groups excluding tert-OH is 2. The summed E-state index contributed by atoms with van der Waals surface area (Å²) in [5.41, 5.74) is 5.96. The minimum atomic E-state index is -1.48. The van der Waals surface area contributed by atoms with Crippen molar-refractivity contribution in [2.24, 2.45) is 5.16 Å². The molecule has 190 valence electrons. The van der Waals surface area contributed by atoms with Crippen LogP contribution in [0.1, 0.15) is 12.1 Å². The number of amides is 2. The summed E-state index contributed by atoms with van der Waals surface area (Å²) in [6, 6.07) is -0.974. The molecule has 0 bridgehead atoms. The number of carbonyl (C=O) groups excluding carboxylic acids is 3. The number of carboxylic acids is 1. The Hall–Kier alpha value is -2.72. The van der Waals surface area contributed by atoms with E-state index in [1.165, 1.54) is 24.3 Å². The number of carbonyl (C=O) groups is 3. The molecule has 1 aromatic heterocycles. The number of oxime groups is 1. The average molecular weight is 527 g/mol. The van der Waals surface area contributed by atoms with Crippen LogP contribution in [0.4, 0.5) is 5.13 Å². The lowest BCUT2D eigenvalue weighted by Gasteiger charge is -2.51. The highest BCUT2D eigenvalue weighted by atomic mass is 32.2. The molecule has 3 aliphatic heterocycles. The third-order valence-corrected chi connectivity index (χ3v) is 8.31. The summed E-state index contributed by atoms with van der Waals surface area (Å²) in [6.07, 6.45) is -1.34. The molecule has 2 saturated heterocycles. The molecule has 0 saturated carbocycles. The number of quaternary nitrogens is 1. The van der Waals surface area contributed by atoms with Gasteiger partial charge < -0.3 is 40.5 Å². The van der Waals surface area contributed by atoms with E-state index in [1.807, 2.05) is 7.05 Å². The molecule has 0 radical (unpaired) electrons. The maximum absolute atomic E-state index is 13.0. The van der Waals surface area contributed by atoms with Crippen LogP contribution in [0.2, 0.25) is 0 Å². The quantitative estimate of drug-likeness (QED) is 0.124. The lowest BCUT2D eigenvalue weighted by atomic mass is 9.99. The fraction of sp³-hybridized carbons (Fsp3) is 0.550. The van der Waals surface area contributed by atoms with Crippen LogP contribution in [-0.2, 0) is 19.2 Å². The lowest BCUT2D eigenvalue weighted by Crippen LogP contribution is -2.72. The Bertz CT molecular complexity index is 1110. The van der Waals surface area contributed by atoms with Gasteiger partial charge in [-0.1, -0.05) is 5.16 Å². The summed E-state index contributed by atoms with van der Waals surface area (Å²) in [4.78, 5) is 47.8. The summed E-state index contributed by atoms with van der Waals surface area (Å²) in [5, 5.41) is 39.4. The first-order valence-electron chi connectivity index (χ1n) is 10.8. The highest BCUT2D eigenvalue weighted by Gasteiger charge is 2.54. The van der Waals surface area contributed by atoms with Gasteiger partial charge in [0.1, 0.15) is 43.4 Å². The maximum Gasteiger partial charge on any atom is 0.276 e. The van der Waals surface area contributed by atoms with Crippen molar-refractivity contribution in [1.29, 1.82) is 0 Å². The molecule has 3 aliphatic rings. The number of hydrogen-bond donors (Lipinski definition) is 4. The molecule has 1 aromatic rings. The Labute approximate surface area is 208 Å². The smallest absolute Gasteiger partial charge is 0.276 e. The van der Waals surface area contributed by atoms with Gasteiger partial charge in [0.05, 0.1) is 31.4 Å². The van der Waals surface area contributed by atoms with Crippen molar-refractivity contribution in [3.8, 4) is 0 Å². The van der Waals surface area contributed by atoms with E-state index < -0.39 is 41.4 Å². The van der Waals surface area contributed by atoms with Crippen molar-refractivity contribution < 1.29 is 39.0 Å². The van der Waals surface area contributed by atoms with Crippen LogP contribution in [0, 0.1) is 0 Å². The monoisotopic (exact) mass is 526 g/mol. The number of aliphatic carboxylic acids is 1. The summed E-state index contributed by atoms with van der Waals surface area (Å²) in [7, 11) is 3.13. The Morgan fingerprint density at radius 2 is 2.17 bits per heavy atom. The lowest BCUT2D eigenvalue weighted by molar-refractivity contribution is -0.914. The first kappa shape index (κ1) is 25.4. The fourth-order valence-corrected chi connectivity index (χ4v) is 6.48. The number of hydrogen-bond acceptors (Lipinski definition) is 12. The number of nitrogens with two attached hydrogens (primary N) is 1. The number of aliphatic hydroxyl groups is 2. The molecule has 2 fully saturated rings. The number of thioether (sulfide) groups is 1. The summed E-state index contributed by atoms with van der Waals surface area (Å²) in [5.74, 6) is -2.47. The fourth-order valence-electron chi connectivity index (χ4n) is 4.60. The normalized spacial score (nSPS) is 31.0. The molecule has 13 nitrogen and oxygen atoms in total. The van der Waals surface area contributed by atoms with Gasteiger partial charge in [-0.05, 0) is 0 Å². The van der Waals surface area contributed by atoms with Gasteiger partial charge in [0, 0.05) is 23.1 Å². The Morgan fingerprint density at radius 3 is 2.77 bits per heavy atom. The SMILES string of the molecule is CO/N=C(\C(=O)N[C@@H]1C(=O)N2C(C(=O)[O-])=C(C[N+]3(C)CC[C@@H](O)[C@H](O)C3)CS[C@H]12)c1csc(N)n1. The molecular weight excluding hydrogens is 500 g/mol. The number of nitrogen functional groups attached to an aromatic ring is 1. The Balaban J connectivity index is 1.51. The van der Waals surface area contributed by atoms with Gasteiger partial charge in [-0.2, -0.15) is 0 Å². The predicted molar refractivity (Wildman–Crippen MR) is 125 cm³/mol. The Morgan fingerprint density at radius 1 is 1.43 bits per heavy atom. The number of likely N-dealkylation sites (N-methyl/N-ethyl adjacent to an activating group) is 1. The minimum absolute atomic E-state index is 0.160. The summed E-state index contributed by atoms with van der Waals surface area (Å²) >= 11 is 2.44. The number of nitrogens with zero attached hydrogens (tertiary/aromatic N) is 4. The minimum Gasteiger partial charge on any atom is -0.543 e. The predicted octanol–water partition coefficient (Wildman–Crippen LogP) is -2.95. The van der Waals surface area contributed by atoms with Crippen LogP contribution in [0.3, 0.4) is 0 Å². The number of rotatable bonds is 7. The van der Waals surface area contributed by atoms with Crippen LogP contribution < -0.4 is 16.2 Å². The van der Waals surface area contributed by atoms with Crippen LogP contribution in [-0.4, -0.2) is 111 Å². The second kappa shape index (κ2) is 9.73. The zero-order chi connectivity index (χ0) is 25.5. The van der Waals surface area contributed by atoms with Crippen molar-refractivity contribution in [2.45, 2.75) is 30.0 Å². The maximum atomic E-state index is 13.0. The van der Waals surface area contributed by atoms with Crippen LogP contribution in [0.25, 0.3) is 0 Å². The second-order valence-corrected chi connectivity index (χ2v) is 10.9. The van der Waals surface area contributed by atoms with Crippen molar-refractivity contribution in [3.05, 3.63) is 22.3 Å². The van der Waals surface area contributed by atoms with Crippen LogP contribution in [0.15, 0.2) is 21.8 Å². The zero-order valence-corrected chi connectivity index (χ0v) is 20.7. The third-order valence-electron chi connectivity index (χ3n) is 6.30. The number of anilines is 1. The number of aromatic nitrogens is 1. The van der Waals surface area contributed by atoms with Gasteiger partial charge in [0.15, 0.2) is 10.8 Å². The number of fused-ring (bicyclic) bond motifs is 1. The zero-order valence-electron chi connectivity index (χ0n) is 19.0. The van der Waals surface area contributed by atoms with E-state index in [1.54, 1.807) is 0 Å². The van der Waals surface area contributed by atoms with E-state index in [0.29, 0.717) is 28.8 Å². The summed E-state index contributed by atoms with van der Waals surface area (Å²) in [6.45, 7) is 1.09. The molecule has 2 amide bonds. The van der Waals surface area contributed by atoms with Gasteiger partial charge in [0.25, 0.3) is 11.8 Å². The average Bonchev–Trinajstić information content (AvgIpc) is 3.23. The number of β-lactam (4-membered cyclic amide) rings is 1. The van der Waals surface area contributed by atoms with Crippen molar-refractivity contribution in [1.82, 2.24) is 15.2 Å². The topological polar surface area (TPSA) is 190 Å². The highest BCUT2D eigenvalue weighted by molar-refractivity contribution is 8.00. The summed E-state index contributed by atoms with van der Waals surface area (Å²) < 4.78 is 0.325. The van der Waals surface area contributed by atoms with Crippen molar-refractivity contribution >= 4 is 51.7 Å². The van der Waals surface area contributed by atoms with E-state index in [9.17, 15) is 29.7 Å². The molecule has 4 rings (SSSR count). The van der Waals surface area contributed by atoms with Crippen LogP contribution >= 0.6 is 23.1 Å². The number of piperidine rings is 1. The third kappa shape index (κ3) is 4.86. The van der Waals surface area contributed by atoms with Gasteiger partial charge in [-0.3, -0.25) is 14.5 Å². The number of nitrogens with one attached hydrogen (secondary N) is 1. The second-order valence-electron chi connectivity index (χ2n) is 8.90. The number of carboxylic acid groups (broad SMARTS) is 1. The largest absolute Gasteiger partial charge is 0.543 e. The molecule has 4 heterocycles. The molecule has 15 heteroatoms. The molecule has 1 unspecified atom stereocenters. The molecule has 5 N–H and O–H groups in total. The first-order valence-corrected chi connectivity index (χ1v) is 12.7. The van der Waals surface area contributed by atoms with Gasteiger partial charge >= 0.3 is 0 Å². The van der Waals surface area contributed by atoms with Crippen molar-refractivity contribution in [3.63, 3.8) is 0 Å². The van der Waals surface area contributed by atoms with E-state index in [-0.39, 0.29) is 35.3 Å². The van der Waals surface area contributed by atoms with Crippen molar-refractivity contribution in [2.75, 3.05) is 45.3 Å². The molecule has 0 aliphatic carbocycles. The van der Waals surface area contributed by atoms with Crippen LogP contribution in [0.5, 0.6) is 0 Å². The Kier molecular flexibility index (Phi) is 7.06. The van der Waals surface area contributed by atoms with E-state index >= 15 is 0 Å². The molecular formula is C20H26N6O7S2. The number of thiazole rings is 1. The molecule has 5 atom stereocenters. The first-order chi connectivity index (χ1) is 16.5. The van der Waals surface area contributed by atoms with E-state index in [4.69, 9.17) is 10.6 Å². The molecule has 35 heavy (non-hydrogen) atoms. The standard InChI is InChI=1S/C20H26N6O7S2/c1-26(4-3-11(27)12(28)6-26)5-9-7-34-18-14(17(30)25(18)15(9)19(31)32)23-16(29)13(24-33-2)10-8-35-20(21)22-10/h8,11-12,14,18,27-28H,3-7H2,1-2H3,(H3-,21,22,23,29,31,32)/b24-13-/t11-,12-,14-,18-,26?/m1/s1.